The van der Waals surface area contributed by atoms with Crippen LogP contribution in [0.5, 0.6) is 0 Å². The molecule has 0 aliphatic carbocycles. The number of hydrogen-bond donors (Lipinski definition) is 0. The molecule has 1 heterocycles. The topological polar surface area (TPSA) is 51.5 Å². The third kappa shape index (κ3) is 4.08. The van der Waals surface area contributed by atoms with Crippen molar-refractivity contribution in [1.82, 2.24) is 4.68 Å². The molecule has 5 heteroatoms. The fourth-order valence-electron chi connectivity index (χ4n) is 1.27. The van der Waals surface area contributed by atoms with Gasteiger partial charge in [-0.3, -0.25) is 9.47 Å². The van der Waals surface area contributed by atoms with E-state index in [9.17, 15) is 9.59 Å². The first-order valence-corrected chi connectivity index (χ1v) is 5.63. The molecule has 0 bridgehead atoms. The lowest BCUT2D eigenvalue weighted by Gasteiger charge is -2.27. The van der Waals surface area contributed by atoms with E-state index < -0.39 is 11.7 Å². The van der Waals surface area contributed by atoms with Crippen LogP contribution in [-0.4, -0.2) is 22.9 Å². The lowest BCUT2D eigenvalue weighted by Crippen LogP contribution is -2.44. The van der Waals surface area contributed by atoms with Crippen molar-refractivity contribution in [2.75, 3.05) is 11.6 Å². The van der Waals surface area contributed by atoms with Gasteiger partial charge in [0.25, 0.3) is 0 Å². The van der Waals surface area contributed by atoms with E-state index in [1.807, 2.05) is 0 Å². The number of aromatic nitrogens is 1. The van der Waals surface area contributed by atoms with Gasteiger partial charge in [0.15, 0.2) is 5.43 Å². The van der Waals surface area contributed by atoms with E-state index in [1.54, 1.807) is 26.8 Å². The predicted molar refractivity (Wildman–Crippen MR) is 70.2 cm³/mol. The van der Waals surface area contributed by atoms with Crippen molar-refractivity contribution >= 4 is 6.09 Å². The molecule has 0 saturated carbocycles. The normalized spacial score (nSPS) is 10.8. The highest BCUT2D eigenvalue weighted by Crippen LogP contribution is 2.09. The molecule has 0 aromatic carbocycles. The summed E-state index contributed by atoms with van der Waals surface area (Å²) in [6, 6.07) is 2.75. The fraction of sp³-hybridized carbons (Fsp3) is 0.385. The monoisotopic (exact) mass is 250 g/mol. The molecule has 0 aliphatic heterocycles. The average molecular weight is 250 g/mol. The highest BCUT2D eigenvalue weighted by molar-refractivity contribution is 5.79. The van der Waals surface area contributed by atoms with Gasteiger partial charge >= 0.3 is 6.09 Å². The number of amides is 1. The number of rotatable bonds is 3. The van der Waals surface area contributed by atoms with Crippen molar-refractivity contribution in [2.24, 2.45) is 0 Å². The van der Waals surface area contributed by atoms with Crippen molar-refractivity contribution < 1.29 is 9.53 Å². The van der Waals surface area contributed by atoms with E-state index in [0.717, 1.165) is 0 Å². The smallest absolute Gasteiger partial charge is 0.429 e. The van der Waals surface area contributed by atoms with Crippen LogP contribution < -0.4 is 10.4 Å². The van der Waals surface area contributed by atoms with Crippen molar-refractivity contribution in [3.05, 3.63) is 47.4 Å². The van der Waals surface area contributed by atoms with Crippen molar-refractivity contribution in [3.63, 3.8) is 0 Å². The van der Waals surface area contributed by atoms with Crippen molar-refractivity contribution in [3.8, 4) is 0 Å². The zero-order valence-electron chi connectivity index (χ0n) is 10.9. The molecule has 1 aromatic rings. The summed E-state index contributed by atoms with van der Waals surface area (Å²) in [6.07, 6.45) is 4.11. The molecule has 5 nitrogen and oxygen atoms in total. The van der Waals surface area contributed by atoms with Gasteiger partial charge in [0.1, 0.15) is 5.60 Å². The van der Waals surface area contributed by atoms with Crippen molar-refractivity contribution in [1.29, 1.82) is 0 Å². The molecule has 0 radical (unpaired) electrons. The number of pyridine rings is 1. The van der Waals surface area contributed by atoms with Gasteiger partial charge in [-0.2, -0.15) is 0 Å². The average Bonchev–Trinajstić information content (AvgIpc) is 2.25. The van der Waals surface area contributed by atoms with E-state index >= 15 is 0 Å². The van der Waals surface area contributed by atoms with Crippen LogP contribution in [0.25, 0.3) is 0 Å². The first kappa shape index (κ1) is 14.0. The van der Waals surface area contributed by atoms with E-state index in [1.165, 1.54) is 34.2 Å². The predicted octanol–water partition coefficient (Wildman–Crippen LogP) is 1.91. The molecule has 0 unspecified atom stereocenters. The summed E-state index contributed by atoms with van der Waals surface area (Å²) in [7, 11) is 0. The van der Waals surface area contributed by atoms with Crippen LogP contribution in [0.1, 0.15) is 20.8 Å². The lowest BCUT2D eigenvalue weighted by atomic mass is 10.2. The Morgan fingerprint density at radius 1 is 1.44 bits per heavy atom. The van der Waals surface area contributed by atoms with Gasteiger partial charge < -0.3 is 4.74 Å². The Morgan fingerprint density at radius 2 is 2.00 bits per heavy atom. The molecule has 1 aromatic heterocycles. The molecule has 1 rings (SSSR count). The molecule has 98 valence electrons. The maximum atomic E-state index is 12.0. The number of ether oxygens (including phenoxy) is 1. The van der Waals surface area contributed by atoms with Crippen LogP contribution in [-0.2, 0) is 4.74 Å². The van der Waals surface area contributed by atoms with Crippen LogP contribution in [0.3, 0.4) is 0 Å². The summed E-state index contributed by atoms with van der Waals surface area (Å²) < 4.78 is 6.77. The quantitative estimate of drug-likeness (QED) is 0.770. The number of nitrogens with zero attached hydrogens (tertiary/aromatic N) is 2. The Hall–Kier alpha value is -2.04. The summed E-state index contributed by atoms with van der Waals surface area (Å²) >= 11 is 0. The summed E-state index contributed by atoms with van der Waals surface area (Å²) in [4.78, 5) is 23.0. The van der Waals surface area contributed by atoms with E-state index in [2.05, 4.69) is 6.58 Å². The van der Waals surface area contributed by atoms with E-state index in [4.69, 9.17) is 4.74 Å². The Labute approximate surface area is 106 Å². The van der Waals surface area contributed by atoms with Crippen LogP contribution in [0.4, 0.5) is 4.79 Å². The molecule has 0 fully saturated rings. The highest BCUT2D eigenvalue weighted by atomic mass is 16.6. The van der Waals surface area contributed by atoms with Gasteiger partial charge in [-0.15, -0.1) is 6.58 Å². The summed E-state index contributed by atoms with van der Waals surface area (Å²) in [5.41, 5.74) is -0.691. The Kier molecular flexibility index (Phi) is 4.31. The third-order valence-electron chi connectivity index (χ3n) is 1.97. The summed E-state index contributed by atoms with van der Waals surface area (Å²) in [5.74, 6) is 0. The summed E-state index contributed by atoms with van der Waals surface area (Å²) in [6.45, 7) is 9.27. The maximum Gasteiger partial charge on any atom is 0.429 e. The van der Waals surface area contributed by atoms with Gasteiger partial charge in [-0.05, 0) is 20.8 Å². The zero-order valence-corrected chi connectivity index (χ0v) is 10.9. The van der Waals surface area contributed by atoms with Gasteiger partial charge in [0.05, 0.1) is 6.54 Å². The maximum absolute atomic E-state index is 12.0. The molecule has 0 aliphatic rings. The number of carbonyl (C=O) groups excluding carboxylic acids is 1. The minimum Gasteiger partial charge on any atom is -0.442 e. The molecular formula is C13H18N2O3. The van der Waals surface area contributed by atoms with Crippen LogP contribution in [0.15, 0.2) is 42.0 Å². The molecule has 0 N–H and O–H groups in total. The lowest BCUT2D eigenvalue weighted by molar-refractivity contribution is 0.0543. The van der Waals surface area contributed by atoms with Gasteiger partial charge in [-0.25, -0.2) is 9.80 Å². The zero-order chi connectivity index (χ0) is 13.8. The third-order valence-corrected chi connectivity index (χ3v) is 1.97. The van der Waals surface area contributed by atoms with Gasteiger partial charge in [-0.1, -0.05) is 6.08 Å². The second-order valence-electron chi connectivity index (χ2n) is 4.76. The molecule has 1 amide bonds. The minimum absolute atomic E-state index is 0.117. The number of carbonyl (C=O) groups is 1. The standard InChI is InChI=1S/C13H18N2O3/c1-5-8-15(12(17)18-13(2,3)4)14-9-6-11(16)7-10-14/h5-7,9-10H,1,8H2,2-4H3. The van der Waals surface area contributed by atoms with Gasteiger partial charge in [0.2, 0.25) is 0 Å². The van der Waals surface area contributed by atoms with Gasteiger partial charge in [0, 0.05) is 24.5 Å². The molecule has 0 saturated heterocycles. The van der Waals surface area contributed by atoms with E-state index in [-0.39, 0.29) is 12.0 Å². The Bertz CT molecular complexity index is 465. The van der Waals surface area contributed by atoms with Crippen molar-refractivity contribution in [2.45, 2.75) is 26.4 Å². The number of hydrogen-bond acceptors (Lipinski definition) is 3. The fourth-order valence-corrected chi connectivity index (χ4v) is 1.27. The van der Waals surface area contributed by atoms with Crippen LogP contribution in [0, 0.1) is 0 Å². The molecule has 18 heavy (non-hydrogen) atoms. The second-order valence-corrected chi connectivity index (χ2v) is 4.76. The Morgan fingerprint density at radius 3 is 2.44 bits per heavy atom. The summed E-state index contributed by atoms with van der Waals surface area (Å²) in [5, 5.41) is 1.34. The largest absolute Gasteiger partial charge is 0.442 e. The highest BCUT2D eigenvalue weighted by Gasteiger charge is 2.21. The van der Waals surface area contributed by atoms with Crippen LogP contribution >= 0.6 is 0 Å². The van der Waals surface area contributed by atoms with E-state index in [0.29, 0.717) is 0 Å². The second kappa shape index (κ2) is 5.53. The Balaban J connectivity index is 2.95. The molecule has 0 spiro atoms. The van der Waals surface area contributed by atoms with Crippen LogP contribution in [0.2, 0.25) is 0 Å². The SMILES string of the molecule is C=CCN(C(=O)OC(C)(C)C)n1ccc(=O)cc1. The first-order valence-electron chi connectivity index (χ1n) is 5.63. The molecular weight excluding hydrogens is 232 g/mol. The molecule has 0 atom stereocenters. The first-order chi connectivity index (χ1) is 8.33. The minimum atomic E-state index is -0.574.